The Morgan fingerprint density at radius 2 is 1.79 bits per heavy atom. The average Bonchev–Trinajstić information content (AvgIpc) is 3.25. The Kier molecular flexibility index (Phi) is 5.85. The highest BCUT2D eigenvalue weighted by Gasteiger charge is 2.27. The standard InChI is InChI=1S/C22H24N4O2S/c1-16(14-29-18-5-3-2-4-6-18)21(27)25-9-11-26(12-10-25)22(28)17-7-8-19-20(13-17)24-15-23-19/h2-8,13,15-16H,9-12,14H2,1H3,(H,23,24). The maximum atomic E-state index is 12.8. The molecule has 0 bridgehead atoms. The molecule has 0 aliphatic carbocycles. The zero-order valence-electron chi connectivity index (χ0n) is 16.4. The third kappa shape index (κ3) is 4.45. The number of nitrogens with one attached hydrogen (secondary N) is 1. The number of aromatic nitrogens is 2. The van der Waals surface area contributed by atoms with E-state index in [-0.39, 0.29) is 17.7 Å². The summed E-state index contributed by atoms with van der Waals surface area (Å²) in [5, 5.41) is 0. The second-order valence-corrected chi connectivity index (χ2v) is 8.37. The zero-order valence-corrected chi connectivity index (χ0v) is 17.2. The molecule has 1 unspecified atom stereocenters. The number of fused-ring (bicyclic) bond motifs is 1. The molecule has 150 valence electrons. The van der Waals surface area contributed by atoms with E-state index in [1.54, 1.807) is 18.1 Å². The van der Waals surface area contributed by atoms with Crippen molar-refractivity contribution < 1.29 is 9.59 Å². The van der Waals surface area contributed by atoms with Gasteiger partial charge in [-0.1, -0.05) is 25.1 Å². The van der Waals surface area contributed by atoms with Gasteiger partial charge in [-0.05, 0) is 30.3 Å². The van der Waals surface area contributed by atoms with Crippen LogP contribution in [0.1, 0.15) is 17.3 Å². The molecule has 2 heterocycles. The van der Waals surface area contributed by atoms with Crippen LogP contribution in [0, 0.1) is 5.92 Å². The summed E-state index contributed by atoms with van der Waals surface area (Å²) in [6.07, 6.45) is 1.63. The highest BCUT2D eigenvalue weighted by Crippen LogP contribution is 2.22. The van der Waals surface area contributed by atoms with Crippen LogP contribution in [0.4, 0.5) is 0 Å². The fourth-order valence-corrected chi connectivity index (χ4v) is 4.44. The van der Waals surface area contributed by atoms with Gasteiger partial charge in [0.1, 0.15) is 0 Å². The fraction of sp³-hybridized carbons (Fsp3) is 0.318. The van der Waals surface area contributed by atoms with Crippen molar-refractivity contribution in [2.24, 2.45) is 5.92 Å². The first-order valence-electron chi connectivity index (χ1n) is 9.81. The summed E-state index contributed by atoms with van der Waals surface area (Å²) >= 11 is 1.71. The van der Waals surface area contributed by atoms with Gasteiger partial charge in [-0.3, -0.25) is 9.59 Å². The van der Waals surface area contributed by atoms with E-state index in [1.165, 1.54) is 4.90 Å². The van der Waals surface area contributed by atoms with Crippen LogP contribution in [0.2, 0.25) is 0 Å². The molecule has 1 aliphatic heterocycles. The lowest BCUT2D eigenvalue weighted by molar-refractivity contribution is -0.135. The molecule has 4 rings (SSSR count). The quantitative estimate of drug-likeness (QED) is 0.658. The number of hydrogen-bond acceptors (Lipinski definition) is 4. The SMILES string of the molecule is CC(CSc1ccccc1)C(=O)N1CCN(C(=O)c2ccc3nc[nH]c3c2)CC1. The molecule has 0 spiro atoms. The highest BCUT2D eigenvalue weighted by molar-refractivity contribution is 7.99. The number of thioether (sulfide) groups is 1. The van der Waals surface area contributed by atoms with Crippen LogP contribution in [-0.2, 0) is 4.79 Å². The van der Waals surface area contributed by atoms with Crippen LogP contribution in [0.3, 0.4) is 0 Å². The van der Waals surface area contributed by atoms with Gasteiger partial charge in [0.15, 0.2) is 0 Å². The minimum absolute atomic E-state index is 0.00119. The first-order valence-corrected chi connectivity index (χ1v) is 10.8. The predicted octanol–water partition coefficient (Wildman–Crippen LogP) is 3.28. The molecule has 0 radical (unpaired) electrons. The van der Waals surface area contributed by atoms with E-state index in [1.807, 2.05) is 53.1 Å². The van der Waals surface area contributed by atoms with E-state index in [0.717, 1.165) is 16.8 Å². The van der Waals surface area contributed by atoms with E-state index in [0.29, 0.717) is 31.7 Å². The number of imidazole rings is 1. The number of H-pyrrole nitrogens is 1. The molecular formula is C22H24N4O2S. The number of carbonyl (C=O) groups is 2. The molecule has 2 aromatic carbocycles. The molecule has 1 fully saturated rings. The Morgan fingerprint density at radius 1 is 1.07 bits per heavy atom. The number of hydrogen-bond donors (Lipinski definition) is 1. The summed E-state index contributed by atoms with van der Waals surface area (Å²) in [5.41, 5.74) is 2.35. The van der Waals surface area contributed by atoms with Crippen molar-refractivity contribution in [1.82, 2.24) is 19.8 Å². The van der Waals surface area contributed by atoms with Crippen molar-refractivity contribution in [3.05, 3.63) is 60.4 Å². The molecule has 1 saturated heterocycles. The third-order valence-electron chi connectivity index (χ3n) is 5.21. The van der Waals surface area contributed by atoms with Gasteiger partial charge in [0.05, 0.1) is 17.4 Å². The number of piperazine rings is 1. The number of amides is 2. The third-order valence-corrected chi connectivity index (χ3v) is 6.48. The number of nitrogens with zero attached hydrogens (tertiary/aromatic N) is 3. The van der Waals surface area contributed by atoms with Crippen LogP contribution < -0.4 is 0 Å². The van der Waals surface area contributed by atoms with Crippen molar-refractivity contribution >= 4 is 34.6 Å². The maximum Gasteiger partial charge on any atom is 0.254 e. The average molecular weight is 409 g/mol. The summed E-state index contributed by atoms with van der Waals surface area (Å²) in [6, 6.07) is 15.6. The number of aromatic amines is 1. The summed E-state index contributed by atoms with van der Waals surface area (Å²) in [7, 11) is 0. The topological polar surface area (TPSA) is 69.3 Å². The second kappa shape index (κ2) is 8.69. The van der Waals surface area contributed by atoms with Crippen LogP contribution in [0.25, 0.3) is 11.0 Å². The summed E-state index contributed by atoms with van der Waals surface area (Å²) in [6.45, 7) is 4.26. The molecular weight excluding hydrogens is 384 g/mol. The maximum absolute atomic E-state index is 12.8. The minimum Gasteiger partial charge on any atom is -0.345 e. The van der Waals surface area contributed by atoms with Crippen molar-refractivity contribution in [2.75, 3.05) is 31.9 Å². The van der Waals surface area contributed by atoms with Gasteiger partial charge in [-0.25, -0.2) is 4.98 Å². The van der Waals surface area contributed by atoms with E-state index in [2.05, 4.69) is 22.1 Å². The Balaban J connectivity index is 1.30. The molecule has 1 aliphatic rings. The summed E-state index contributed by atoms with van der Waals surface area (Å²) in [4.78, 5) is 37.7. The monoisotopic (exact) mass is 408 g/mol. The lowest BCUT2D eigenvalue weighted by Gasteiger charge is -2.36. The Bertz CT molecular complexity index is 996. The van der Waals surface area contributed by atoms with E-state index in [9.17, 15) is 9.59 Å². The largest absolute Gasteiger partial charge is 0.345 e. The smallest absolute Gasteiger partial charge is 0.254 e. The molecule has 7 heteroatoms. The van der Waals surface area contributed by atoms with E-state index in [4.69, 9.17) is 0 Å². The van der Waals surface area contributed by atoms with Crippen molar-refractivity contribution in [3.8, 4) is 0 Å². The lowest BCUT2D eigenvalue weighted by atomic mass is 10.1. The molecule has 3 aromatic rings. The molecule has 1 N–H and O–H groups in total. The summed E-state index contributed by atoms with van der Waals surface area (Å²) < 4.78 is 0. The van der Waals surface area contributed by atoms with Gasteiger partial charge in [0.2, 0.25) is 5.91 Å². The number of carbonyl (C=O) groups excluding carboxylic acids is 2. The van der Waals surface area contributed by atoms with Crippen LogP contribution in [-0.4, -0.2) is 63.5 Å². The number of benzene rings is 2. The van der Waals surface area contributed by atoms with Crippen LogP contribution in [0.15, 0.2) is 59.8 Å². The highest BCUT2D eigenvalue weighted by atomic mass is 32.2. The fourth-order valence-electron chi connectivity index (χ4n) is 3.50. The van der Waals surface area contributed by atoms with Gasteiger partial charge in [0.25, 0.3) is 5.91 Å². The molecule has 1 aromatic heterocycles. The Labute approximate surface area is 174 Å². The lowest BCUT2D eigenvalue weighted by Crippen LogP contribution is -2.52. The van der Waals surface area contributed by atoms with Gasteiger partial charge < -0.3 is 14.8 Å². The predicted molar refractivity (Wildman–Crippen MR) is 115 cm³/mol. The summed E-state index contributed by atoms with van der Waals surface area (Å²) in [5.74, 6) is 0.873. The molecule has 1 atom stereocenters. The Morgan fingerprint density at radius 3 is 2.55 bits per heavy atom. The van der Waals surface area contributed by atoms with Gasteiger partial charge in [-0.15, -0.1) is 11.8 Å². The Hall–Kier alpha value is -2.80. The van der Waals surface area contributed by atoms with Crippen molar-refractivity contribution in [1.29, 1.82) is 0 Å². The van der Waals surface area contributed by atoms with Gasteiger partial charge in [-0.2, -0.15) is 0 Å². The van der Waals surface area contributed by atoms with Crippen LogP contribution >= 0.6 is 11.8 Å². The zero-order chi connectivity index (χ0) is 20.2. The minimum atomic E-state index is -0.0507. The normalized spacial score (nSPS) is 15.5. The second-order valence-electron chi connectivity index (χ2n) is 7.28. The molecule has 2 amide bonds. The van der Waals surface area contributed by atoms with Crippen molar-refractivity contribution in [2.45, 2.75) is 11.8 Å². The molecule has 29 heavy (non-hydrogen) atoms. The number of rotatable bonds is 5. The van der Waals surface area contributed by atoms with E-state index >= 15 is 0 Å². The first-order chi connectivity index (χ1) is 14.1. The molecule has 6 nitrogen and oxygen atoms in total. The van der Waals surface area contributed by atoms with Crippen LogP contribution in [0.5, 0.6) is 0 Å². The van der Waals surface area contributed by atoms with Gasteiger partial charge >= 0.3 is 0 Å². The molecule has 0 saturated carbocycles. The first kappa shape index (κ1) is 19.5. The van der Waals surface area contributed by atoms with Gasteiger partial charge in [0, 0.05) is 48.3 Å². The van der Waals surface area contributed by atoms with Crippen molar-refractivity contribution in [3.63, 3.8) is 0 Å². The van der Waals surface area contributed by atoms with E-state index < -0.39 is 0 Å².